The number of hydrogen-bond acceptors (Lipinski definition) is 6. The number of rotatable bonds is 6. The van der Waals surface area contributed by atoms with Crippen LogP contribution in [0.3, 0.4) is 0 Å². The molecule has 1 unspecified atom stereocenters. The van der Waals surface area contributed by atoms with Crippen LogP contribution in [-0.2, 0) is 17.9 Å². The van der Waals surface area contributed by atoms with Crippen molar-refractivity contribution >= 4 is 5.97 Å². The van der Waals surface area contributed by atoms with Crippen LogP contribution in [0.5, 0.6) is 5.75 Å². The molecule has 7 nitrogen and oxygen atoms in total. The van der Waals surface area contributed by atoms with Gasteiger partial charge in [0, 0.05) is 0 Å². The van der Waals surface area contributed by atoms with Crippen LogP contribution in [0.4, 0.5) is 0 Å². The largest absolute Gasteiger partial charge is 0.497 e. The van der Waals surface area contributed by atoms with Crippen molar-refractivity contribution in [3.8, 4) is 5.75 Å². The molecule has 0 aliphatic heterocycles. The van der Waals surface area contributed by atoms with E-state index in [0.29, 0.717) is 17.0 Å². The summed E-state index contributed by atoms with van der Waals surface area (Å²) in [6, 6.07) is 8.41. The number of aliphatic hydroxyl groups excluding tert-OH is 2. The quantitative estimate of drug-likeness (QED) is 0.770. The fraction of sp³-hybridized carbons (Fsp3) is 0.333. The molecule has 0 spiro atoms. The Morgan fingerprint density at radius 1 is 1.32 bits per heavy atom. The van der Waals surface area contributed by atoms with Gasteiger partial charge in [0.2, 0.25) is 0 Å². The first kappa shape index (κ1) is 16.0. The summed E-state index contributed by atoms with van der Waals surface area (Å²) in [5.41, 5.74) is 1.20. The fourth-order valence-electron chi connectivity index (χ4n) is 2.04. The van der Waals surface area contributed by atoms with Crippen molar-refractivity contribution in [1.82, 2.24) is 9.78 Å². The number of nitrogens with zero attached hydrogens (tertiary/aromatic N) is 2. The summed E-state index contributed by atoms with van der Waals surface area (Å²) >= 11 is 0. The highest BCUT2D eigenvalue weighted by Crippen LogP contribution is 2.20. The molecule has 0 radical (unpaired) electrons. The zero-order valence-electron chi connectivity index (χ0n) is 12.4. The molecule has 1 aromatic heterocycles. The molecule has 0 aliphatic carbocycles. The van der Waals surface area contributed by atoms with Crippen LogP contribution in [0.2, 0.25) is 0 Å². The maximum Gasteiger partial charge on any atom is 0.358 e. The average molecular weight is 306 g/mol. The Kier molecular flexibility index (Phi) is 5.13. The summed E-state index contributed by atoms with van der Waals surface area (Å²) in [5.74, 6) is 0.103. The highest BCUT2D eigenvalue weighted by atomic mass is 16.5. The minimum absolute atomic E-state index is 0.0912. The number of aromatic nitrogens is 2. The third-order valence-corrected chi connectivity index (χ3v) is 3.27. The van der Waals surface area contributed by atoms with E-state index in [1.165, 1.54) is 17.9 Å². The Morgan fingerprint density at radius 2 is 2.00 bits per heavy atom. The molecule has 0 saturated carbocycles. The summed E-state index contributed by atoms with van der Waals surface area (Å²) in [4.78, 5) is 11.5. The Labute approximate surface area is 127 Å². The fourth-order valence-corrected chi connectivity index (χ4v) is 2.04. The minimum atomic E-state index is -0.832. The first-order valence-corrected chi connectivity index (χ1v) is 6.67. The molecule has 1 aromatic carbocycles. The molecular formula is C15H18N2O5. The van der Waals surface area contributed by atoms with E-state index in [9.17, 15) is 15.0 Å². The molecule has 2 aromatic rings. The lowest BCUT2D eigenvalue weighted by molar-refractivity contribution is 0.0591. The maximum absolute atomic E-state index is 11.5. The second-order valence-electron chi connectivity index (χ2n) is 4.64. The van der Waals surface area contributed by atoms with Crippen LogP contribution >= 0.6 is 0 Å². The number of esters is 1. The number of benzene rings is 1. The van der Waals surface area contributed by atoms with E-state index in [1.54, 1.807) is 31.4 Å². The van der Waals surface area contributed by atoms with Crippen LogP contribution in [0.1, 0.15) is 27.8 Å². The van der Waals surface area contributed by atoms with Crippen molar-refractivity contribution in [1.29, 1.82) is 0 Å². The van der Waals surface area contributed by atoms with Crippen molar-refractivity contribution in [2.45, 2.75) is 19.3 Å². The van der Waals surface area contributed by atoms with E-state index in [2.05, 4.69) is 9.84 Å². The summed E-state index contributed by atoms with van der Waals surface area (Å²) in [6.07, 6.45) is -0.832. The smallest absolute Gasteiger partial charge is 0.358 e. The highest BCUT2D eigenvalue weighted by Gasteiger charge is 2.17. The zero-order valence-corrected chi connectivity index (χ0v) is 12.4. The van der Waals surface area contributed by atoms with Gasteiger partial charge in [-0.25, -0.2) is 4.79 Å². The van der Waals surface area contributed by atoms with Gasteiger partial charge in [-0.05, 0) is 23.8 Å². The van der Waals surface area contributed by atoms with Crippen LogP contribution in [0.15, 0.2) is 30.3 Å². The maximum atomic E-state index is 11.5. The topological polar surface area (TPSA) is 93.8 Å². The highest BCUT2D eigenvalue weighted by molar-refractivity contribution is 5.87. The van der Waals surface area contributed by atoms with E-state index in [0.717, 1.165) is 0 Å². The Morgan fingerprint density at radius 3 is 2.55 bits per heavy atom. The van der Waals surface area contributed by atoms with Crippen LogP contribution < -0.4 is 4.74 Å². The van der Waals surface area contributed by atoms with Gasteiger partial charge in [-0.3, -0.25) is 4.68 Å². The summed E-state index contributed by atoms with van der Waals surface area (Å²) in [6.45, 7) is -0.182. The van der Waals surface area contributed by atoms with Gasteiger partial charge >= 0.3 is 5.97 Å². The predicted octanol–water partition coefficient (Wildman–Crippen LogP) is 0.904. The first-order chi connectivity index (χ1) is 10.6. The van der Waals surface area contributed by atoms with Gasteiger partial charge in [-0.2, -0.15) is 5.10 Å². The lowest BCUT2D eigenvalue weighted by Crippen LogP contribution is -2.13. The lowest BCUT2D eigenvalue weighted by atomic mass is 10.1. The van der Waals surface area contributed by atoms with E-state index >= 15 is 0 Å². The summed E-state index contributed by atoms with van der Waals surface area (Å²) < 4.78 is 11.0. The second-order valence-corrected chi connectivity index (χ2v) is 4.64. The van der Waals surface area contributed by atoms with Crippen LogP contribution in [-0.4, -0.2) is 40.2 Å². The molecule has 1 atom stereocenters. The van der Waals surface area contributed by atoms with Gasteiger partial charge in [0.1, 0.15) is 5.75 Å². The molecule has 2 N–H and O–H groups in total. The standard InChI is InChI=1S/C15H18N2O5/c1-21-12-5-3-10(4-6-12)14(19)8-17-11(9-18)7-13(16-17)15(20)22-2/h3-7,14,18-19H,8-9H2,1-2H3. The zero-order chi connectivity index (χ0) is 16.1. The van der Waals surface area contributed by atoms with Crippen molar-refractivity contribution in [3.05, 3.63) is 47.3 Å². The molecule has 0 fully saturated rings. The number of ether oxygens (including phenoxy) is 2. The van der Waals surface area contributed by atoms with Crippen molar-refractivity contribution in [2.24, 2.45) is 0 Å². The number of carbonyl (C=O) groups excluding carboxylic acids is 1. The number of carbonyl (C=O) groups is 1. The minimum Gasteiger partial charge on any atom is -0.497 e. The third kappa shape index (κ3) is 3.44. The number of hydrogen-bond donors (Lipinski definition) is 2. The normalized spacial score (nSPS) is 12.0. The SMILES string of the molecule is COC(=O)c1cc(CO)n(CC(O)c2ccc(OC)cc2)n1. The molecular weight excluding hydrogens is 288 g/mol. The molecule has 0 amide bonds. The van der Waals surface area contributed by atoms with Crippen molar-refractivity contribution in [3.63, 3.8) is 0 Å². The van der Waals surface area contributed by atoms with E-state index in [1.807, 2.05) is 0 Å². The van der Waals surface area contributed by atoms with Crippen LogP contribution in [0, 0.1) is 0 Å². The summed E-state index contributed by atoms with van der Waals surface area (Å²) in [7, 11) is 2.82. The third-order valence-electron chi connectivity index (χ3n) is 3.27. The molecule has 2 rings (SSSR count). The van der Waals surface area contributed by atoms with Gasteiger partial charge in [0.15, 0.2) is 5.69 Å². The number of aliphatic hydroxyl groups is 2. The lowest BCUT2D eigenvalue weighted by Gasteiger charge is -2.13. The summed E-state index contributed by atoms with van der Waals surface area (Å²) in [5, 5.41) is 23.6. The molecule has 1 heterocycles. The number of methoxy groups -OCH3 is 2. The molecule has 7 heteroatoms. The van der Waals surface area contributed by atoms with Gasteiger partial charge in [0.25, 0.3) is 0 Å². The molecule has 0 bridgehead atoms. The van der Waals surface area contributed by atoms with E-state index < -0.39 is 12.1 Å². The van der Waals surface area contributed by atoms with E-state index in [4.69, 9.17) is 4.74 Å². The van der Waals surface area contributed by atoms with Gasteiger partial charge in [0.05, 0.1) is 39.2 Å². The van der Waals surface area contributed by atoms with Crippen molar-refractivity contribution in [2.75, 3.05) is 14.2 Å². The Balaban J connectivity index is 2.17. The molecule has 22 heavy (non-hydrogen) atoms. The second kappa shape index (κ2) is 7.06. The predicted molar refractivity (Wildman–Crippen MR) is 77.4 cm³/mol. The van der Waals surface area contributed by atoms with Gasteiger partial charge < -0.3 is 19.7 Å². The molecule has 118 valence electrons. The average Bonchev–Trinajstić information content (AvgIpc) is 2.97. The van der Waals surface area contributed by atoms with Gasteiger partial charge in [-0.1, -0.05) is 12.1 Å². The molecule has 0 aliphatic rings. The Bertz CT molecular complexity index is 636. The molecule has 0 saturated heterocycles. The monoisotopic (exact) mass is 306 g/mol. The van der Waals surface area contributed by atoms with Crippen LogP contribution in [0.25, 0.3) is 0 Å². The van der Waals surface area contributed by atoms with E-state index in [-0.39, 0.29) is 18.8 Å². The Hall–Kier alpha value is -2.38. The first-order valence-electron chi connectivity index (χ1n) is 6.67. The van der Waals surface area contributed by atoms with Crippen molar-refractivity contribution < 1.29 is 24.5 Å². The van der Waals surface area contributed by atoms with Gasteiger partial charge in [-0.15, -0.1) is 0 Å².